The third-order valence-corrected chi connectivity index (χ3v) is 5.64. The second-order valence-electron chi connectivity index (χ2n) is 7.14. The minimum absolute atomic E-state index is 0.0905. The van der Waals surface area contributed by atoms with Gasteiger partial charge in [-0.05, 0) is 49.6 Å². The zero-order valence-corrected chi connectivity index (χ0v) is 17.8. The Bertz CT molecular complexity index is 1060. The van der Waals surface area contributed by atoms with E-state index in [-0.39, 0.29) is 11.7 Å². The topological polar surface area (TPSA) is 73.4 Å². The van der Waals surface area contributed by atoms with E-state index in [9.17, 15) is 4.79 Å². The smallest absolute Gasteiger partial charge is 0.254 e. The Hall–Kier alpha value is -2.77. The number of rotatable bonds is 6. The molecule has 0 bridgehead atoms. The average molecular weight is 425 g/mol. The Labute approximate surface area is 179 Å². The normalized spacial score (nSPS) is 14.5. The molecule has 4 rings (SSSR count). The van der Waals surface area contributed by atoms with Gasteiger partial charge in [0.1, 0.15) is 29.2 Å². The summed E-state index contributed by atoms with van der Waals surface area (Å²) in [6, 6.07) is 13.5. The molecule has 1 aliphatic rings. The highest BCUT2D eigenvalue weighted by Crippen LogP contribution is 2.32. The summed E-state index contributed by atoms with van der Waals surface area (Å²) >= 11 is 1.68. The van der Waals surface area contributed by atoms with Crippen molar-refractivity contribution in [3.8, 4) is 28.6 Å². The number of nitrogens with zero attached hydrogens (tertiary/aromatic N) is 1. The minimum Gasteiger partial charge on any atom is -0.490 e. The molecule has 30 heavy (non-hydrogen) atoms. The molecular formula is C23H24N2O4S. The molecule has 1 aromatic heterocycles. The lowest BCUT2D eigenvalue weighted by atomic mass is 10.1. The Morgan fingerprint density at radius 2 is 1.80 bits per heavy atom. The van der Waals surface area contributed by atoms with Gasteiger partial charge in [0, 0.05) is 41.1 Å². The van der Waals surface area contributed by atoms with Crippen molar-refractivity contribution in [1.29, 1.82) is 0 Å². The van der Waals surface area contributed by atoms with Crippen LogP contribution in [-0.2, 0) is 4.74 Å². The van der Waals surface area contributed by atoms with Crippen molar-refractivity contribution in [2.24, 2.45) is 0 Å². The fourth-order valence-electron chi connectivity index (χ4n) is 3.21. The molecule has 1 aliphatic heterocycles. The van der Waals surface area contributed by atoms with E-state index >= 15 is 0 Å². The first-order chi connectivity index (χ1) is 14.6. The lowest BCUT2D eigenvalue weighted by molar-refractivity contribution is 0.0255. The molecule has 0 atom stereocenters. The lowest BCUT2D eigenvalue weighted by Crippen LogP contribution is -2.25. The quantitative estimate of drug-likeness (QED) is 0.572. The van der Waals surface area contributed by atoms with Crippen LogP contribution in [0.1, 0.15) is 18.4 Å². The fourth-order valence-corrected chi connectivity index (χ4v) is 3.61. The average Bonchev–Trinajstić information content (AvgIpc) is 2.77. The van der Waals surface area contributed by atoms with E-state index in [2.05, 4.69) is 9.97 Å². The van der Waals surface area contributed by atoms with Crippen molar-refractivity contribution in [3.63, 3.8) is 0 Å². The van der Waals surface area contributed by atoms with Gasteiger partial charge in [0.2, 0.25) is 0 Å². The Morgan fingerprint density at radius 3 is 2.50 bits per heavy atom. The van der Waals surface area contributed by atoms with Gasteiger partial charge >= 0.3 is 0 Å². The number of aromatic nitrogens is 2. The Balaban J connectivity index is 1.66. The van der Waals surface area contributed by atoms with Crippen molar-refractivity contribution >= 4 is 11.8 Å². The van der Waals surface area contributed by atoms with Crippen LogP contribution in [0.2, 0.25) is 0 Å². The maximum atomic E-state index is 12.1. The molecule has 1 N–H and O–H groups in total. The number of aromatic amines is 1. The second kappa shape index (κ2) is 9.36. The maximum Gasteiger partial charge on any atom is 0.254 e. The van der Waals surface area contributed by atoms with Gasteiger partial charge in [0.05, 0.1) is 13.2 Å². The number of hydrogen-bond acceptors (Lipinski definition) is 6. The van der Waals surface area contributed by atoms with Crippen LogP contribution in [0.5, 0.6) is 17.2 Å². The van der Waals surface area contributed by atoms with Crippen LogP contribution in [0.3, 0.4) is 0 Å². The van der Waals surface area contributed by atoms with Crippen LogP contribution in [-0.4, -0.2) is 35.5 Å². The standard InChI is InChI=1S/C23H24N2O4S/c1-15-14-24-22(25-23(15)26)16-11-19(28-17-3-5-21(30-2)6-4-17)13-20(12-16)29-18-7-9-27-10-8-18/h3-6,11-14,18H,7-10H2,1-2H3,(H,24,25,26). The molecule has 2 heterocycles. The van der Waals surface area contributed by atoms with E-state index in [4.69, 9.17) is 14.2 Å². The van der Waals surface area contributed by atoms with Gasteiger partial charge < -0.3 is 19.2 Å². The van der Waals surface area contributed by atoms with Crippen molar-refractivity contribution in [2.75, 3.05) is 19.5 Å². The van der Waals surface area contributed by atoms with Crippen LogP contribution < -0.4 is 15.0 Å². The molecule has 0 saturated carbocycles. The first-order valence-corrected chi connectivity index (χ1v) is 11.1. The molecule has 0 spiro atoms. The summed E-state index contributed by atoms with van der Waals surface area (Å²) in [7, 11) is 0. The summed E-state index contributed by atoms with van der Waals surface area (Å²) < 4.78 is 17.7. The molecule has 0 aliphatic carbocycles. The molecule has 2 aromatic carbocycles. The van der Waals surface area contributed by atoms with Crippen molar-refractivity contribution in [3.05, 3.63) is 64.6 Å². The van der Waals surface area contributed by atoms with Gasteiger partial charge in [0.15, 0.2) is 0 Å². The van der Waals surface area contributed by atoms with Crippen molar-refractivity contribution in [2.45, 2.75) is 30.8 Å². The highest BCUT2D eigenvalue weighted by atomic mass is 32.2. The molecule has 3 aromatic rings. The molecule has 0 unspecified atom stereocenters. The monoisotopic (exact) mass is 424 g/mol. The summed E-state index contributed by atoms with van der Waals surface area (Å²) in [5.41, 5.74) is 1.14. The van der Waals surface area contributed by atoms with Crippen LogP contribution >= 0.6 is 11.8 Å². The van der Waals surface area contributed by atoms with E-state index < -0.39 is 0 Å². The molecule has 1 saturated heterocycles. The third kappa shape index (κ3) is 5.04. The summed E-state index contributed by atoms with van der Waals surface area (Å²) in [4.78, 5) is 20.5. The number of thioether (sulfide) groups is 1. The van der Waals surface area contributed by atoms with E-state index in [1.807, 2.05) is 48.7 Å². The number of ether oxygens (including phenoxy) is 3. The SMILES string of the molecule is CSc1ccc(Oc2cc(OC3CCOCC3)cc(-c3ncc(C)c(=O)[nH]3)c2)cc1. The maximum absolute atomic E-state index is 12.1. The molecular weight excluding hydrogens is 400 g/mol. The molecule has 156 valence electrons. The molecule has 0 radical (unpaired) electrons. The first-order valence-electron chi connectivity index (χ1n) is 9.88. The summed E-state index contributed by atoms with van der Waals surface area (Å²) in [5.74, 6) is 2.51. The van der Waals surface area contributed by atoms with Gasteiger partial charge in [-0.15, -0.1) is 11.8 Å². The van der Waals surface area contributed by atoms with Crippen LogP contribution in [0.15, 0.2) is 58.4 Å². The zero-order valence-electron chi connectivity index (χ0n) is 17.0. The van der Waals surface area contributed by atoms with Crippen LogP contribution in [0.25, 0.3) is 11.4 Å². The predicted molar refractivity (Wildman–Crippen MR) is 118 cm³/mol. The summed E-state index contributed by atoms with van der Waals surface area (Å²) in [6.45, 7) is 3.12. The molecule has 1 fully saturated rings. The third-order valence-electron chi connectivity index (χ3n) is 4.90. The van der Waals surface area contributed by atoms with E-state index in [1.165, 1.54) is 4.90 Å². The van der Waals surface area contributed by atoms with Crippen molar-refractivity contribution in [1.82, 2.24) is 9.97 Å². The number of benzene rings is 2. The van der Waals surface area contributed by atoms with Crippen molar-refractivity contribution < 1.29 is 14.2 Å². The van der Waals surface area contributed by atoms with Crippen LogP contribution in [0.4, 0.5) is 0 Å². The first kappa shape index (κ1) is 20.5. The van der Waals surface area contributed by atoms with Gasteiger partial charge in [-0.1, -0.05) is 0 Å². The molecule has 6 nitrogen and oxygen atoms in total. The van der Waals surface area contributed by atoms with Gasteiger partial charge in [0.25, 0.3) is 5.56 Å². The van der Waals surface area contributed by atoms with E-state index in [1.54, 1.807) is 24.9 Å². The Kier molecular flexibility index (Phi) is 6.40. The predicted octanol–water partition coefficient (Wildman–Crippen LogP) is 4.82. The number of H-pyrrole nitrogens is 1. The van der Waals surface area contributed by atoms with E-state index in [0.29, 0.717) is 36.1 Å². The number of hydrogen-bond donors (Lipinski definition) is 1. The highest BCUT2D eigenvalue weighted by molar-refractivity contribution is 7.98. The lowest BCUT2D eigenvalue weighted by Gasteiger charge is -2.24. The largest absolute Gasteiger partial charge is 0.490 e. The minimum atomic E-state index is -0.161. The summed E-state index contributed by atoms with van der Waals surface area (Å²) in [6.07, 6.45) is 5.38. The van der Waals surface area contributed by atoms with Gasteiger partial charge in [-0.3, -0.25) is 4.79 Å². The van der Waals surface area contributed by atoms with E-state index in [0.717, 1.165) is 24.2 Å². The zero-order chi connectivity index (χ0) is 20.9. The number of aryl methyl sites for hydroxylation is 1. The molecule has 0 amide bonds. The summed E-state index contributed by atoms with van der Waals surface area (Å²) in [5, 5.41) is 0. The second-order valence-corrected chi connectivity index (χ2v) is 8.02. The van der Waals surface area contributed by atoms with Crippen LogP contribution in [0, 0.1) is 6.92 Å². The Morgan fingerprint density at radius 1 is 1.07 bits per heavy atom. The fraction of sp³-hybridized carbons (Fsp3) is 0.304. The number of nitrogens with one attached hydrogen (secondary N) is 1. The highest BCUT2D eigenvalue weighted by Gasteiger charge is 2.17. The van der Waals surface area contributed by atoms with Gasteiger partial charge in [-0.2, -0.15) is 0 Å². The van der Waals surface area contributed by atoms with Gasteiger partial charge in [-0.25, -0.2) is 4.98 Å². The molecule has 7 heteroatoms.